The number of carbonyl (C=O) groups excluding carboxylic acids is 2. The lowest BCUT2D eigenvalue weighted by atomic mass is 9.76. The van der Waals surface area contributed by atoms with E-state index in [9.17, 15) is 22.8 Å². The molecule has 1 saturated carbocycles. The Balaban J connectivity index is 1.37. The number of halogens is 3. The Bertz CT molecular complexity index is 1140. The van der Waals surface area contributed by atoms with E-state index in [0.29, 0.717) is 30.9 Å². The molecule has 0 atom stereocenters. The summed E-state index contributed by atoms with van der Waals surface area (Å²) in [7, 11) is 0. The Morgan fingerprint density at radius 1 is 1.16 bits per heavy atom. The van der Waals surface area contributed by atoms with Crippen molar-refractivity contribution < 1.29 is 22.8 Å². The van der Waals surface area contributed by atoms with Gasteiger partial charge in [0.05, 0.1) is 30.5 Å². The van der Waals surface area contributed by atoms with E-state index < -0.39 is 17.6 Å². The first-order valence-corrected chi connectivity index (χ1v) is 10.1. The minimum Gasteiger partial charge on any atom is -0.351 e. The third-order valence-electron chi connectivity index (χ3n) is 6.27. The van der Waals surface area contributed by atoms with Crippen molar-refractivity contribution in [3.05, 3.63) is 53.5 Å². The predicted octanol–water partition coefficient (Wildman–Crippen LogP) is 3.24. The van der Waals surface area contributed by atoms with Crippen LogP contribution in [-0.2, 0) is 13.1 Å². The molecule has 7 nitrogen and oxygen atoms in total. The monoisotopic (exact) mass is 431 g/mol. The molecule has 0 bridgehead atoms. The number of rotatable bonds is 3. The number of para-hydroxylation sites is 1. The highest BCUT2D eigenvalue weighted by molar-refractivity contribution is 5.99. The van der Waals surface area contributed by atoms with Gasteiger partial charge in [0.15, 0.2) is 0 Å². The van der Waals surface area contributed by atoms with Gasteiger partial charge in [0.25, 0.3) is 11.8 Å². The second-order valence-corrected chi connectivity index (χ2v) is 8.11. The summed E-state index contributed by atoms with van der Waals surface area (Å²) in [5.74, 6) is -1.04. The lowest BCUT2D eigenvalue weighted by Crippen LogP contribution is -2.63. The summed E-state index contributed by atoms with van der Waals surface area (Å²) < 4.78 is 41.9. The minimum absolute atomic E-state index is 0.0738. The first-order valence-electron chi connectivity index (χ1n) is 10.1. The van der Waals surface area contributed by atoms with Crippen LogP contribution in [0.5, 0.6) is 0 Å². The third kappa shape index (κ3) is 3.17. The van der Waals surface area contributed by atoms with Crippen LogP contribution in [0.3, 0.4) is 0 Å². The van der Waals surface area contributed by atoms with Crippen molar-refractivity contribution in [1.82, 2.24) is 25.0 Å². The topological polar surface area (TPSA) is 83.0 Å². The number of nitrogens with zero attached hydrogens (tertiary/aromatic N) is 3. The van der Waals surface area contributed by atoms with E-state index in [-0.39, 0.29) is 30.9 Å². The summed E-state index contributed by atoms with van der Waals surface area (Å²) >= 11 is 0. The molecular formula is C21H20F3N5O2. The zero-order chi connectivity index (χ0) is 21.8. The zero-order valence-corrected chi connectivity index (χ0v) is 16.5. The van der Waals surface area contributed by atoms with E-state index in [0.717, 1.165) is 10.9 Å². The van der Waals surface area contributed by atoms with Crippen LogP contribution in [0.2, 0.25) is 0 Å². The molecule has 0 spiro atoms. The maximum atomic E-state index is 13.4. The van der Waals surface area contributed by atoms with Gasteiger partial charge in [-0.2, -0.15) is 18.3 Å². The van der Waals surface area contributed by atoms with Crippen molar-refractivity contribution in [2.75, 3.05) is 6.54 Å². The van der Waals surface area contributed by atoms with Crippen molar-refractivity contribution in [3.8, 4) is 0 Å². The number of carbonyl (C=O) groups is 2. The number of hydrogen-bond acceptors (Lipinski definition) is 3. The summed E-state index contributed by atoms with van der Waals surface area (Å²) in [5.41, 5.74) is -0.404. The molecule has 1 fully saturated rings. The molecule has 2 aliphatic rings. The highest BCUT2D eigenvalue weighted by atomic mass is 19.4. The Hall–Kier alpha value is -3.30. The fraction of sp³-hybridized carbons (Fsp3) is 0.381. The van der Waals surface area contributed by atoms with Gasteiger partial charge >= 0.3 is 6.18 Å². The van der Waals surface area contributed by atoms with Crippen LogP contribution in [0.25, 0.3) is 10.9 Å². The van der Waals surface area contributed by atoms with Gasteiger partial charge in [-0.25, -0.2) is 0 Å². The number of amides is 2. The van der Waals surface area contributed by atoms with Gasteiger partial charge in [-0.15, -0.1) is 0 Å². The average Bonchev–Trinajstić information content (AvgIpc) is 3.32. The molecule has 0 radical (unpaired) electrons. The second-order valence-electron chi connectivity index (χ2n) is 8.11. The van der Waals surface area contributed by atoms with Crippen LogP contribution in [0, 0.1) is 0 Å². The standard InChI is InChI=1S/C21H20F3N5O2/c22-21(23,24)20(6-3-7-20)27-18(30)14-11-25-29-9-8-28(12-17(14)29)19(31)16-10-13-4-1-2-5-15(13)26-16/h1-2,4-5,10-11,26H,3,6-9,12H2,(H,27,30). The summed E-state index contributed by atoms with van der Waals surface area (Å²) in [6, 6.07) is 9.28. The van der Waals surface area contributed by atoms with Gasteiger partial charge < -0.3 is 15.2 Å². The number of nitrogens with one attached hydrogen (secondary N) is 2. The molecule has 31 heavy (non-hydrogen) atoms. The summed E-state index contributed by atoms with van der Waals surface area (Å²) in [6.45, 7) is 0.839. The zero-order valence-electron chi connectivity index (χ0n) is 16.5. The van der Waals surface area contributed by atoms with E-state index in [1.54, 1.807) is 15.6 Å². The summed E-state index contributed by atoms with van der Waals surface area (Å²) in [4.78, 5) is 30.4. The van der Waals surface area contributed by atoms with Crippen LogP contribution < -0.4 is 5.32 Å². The predicted molar refractivity (Wildman–Crippen MR) is 105 cm³/mol. The molecule has 1 aromatic carbocycles. The molecule has 0 saturated heterocycles. The third-order valence-corrected chi connectivity index (χ3v) is 6.27. The smallest absolute Gasteiger partial charge is 0.351 e. The van der Waals surface area contributed by atoms with Crippen LogP contribution in [0.15, 0.2) is 36.5 Å². The van der Waals surface area contributed by atoms with E-state index in [1.165, 1.54) is 6.20 Å². The van der Waals surface area contributed by atoms with Gasteiger partial charge in [0.1, 0.15) is 11.2 Å². The number of fused-ring (bicyclic) bond motifs is 2. The molecule has 0 unspecified atom stereocenters. The molecule has 2 aromatic heterocycles. The molecule has 10 heteroatoms. The van der Waals surface area contributed by atoms with Crippen LogP contribution in [-0.4, -0.2) is 49.7 Å². The molecule has 5 rings (SSSR count). The van der Waals surface area contributed by atoms with Crippen molar-refractivity contribution in [2.45, 2.75) is 44.1 Å². The largest absolute Gasteiger partial charge is 0.411 e. The van der Waals surface area contributed by atoms with Crippen molar-refractivity contribution in [1.29, 1.82) is 0 Å². The van der Waals surface area contributed by atoms with E-state index in [1.807, 2.05) is 24.3 Å². The minimum atomic E-state index is -4.51. The van der Waals surface area contributed by atoms with Gasteiger partial charge in [-0.05, 0) is 31.4 Å². The Morgan fingerprint density at radius 3 is 2.61 bits per heavy atom. The second kappa shape index (κ2) is 6.86. The molecule has 1 aliphatic heterocycles. The maximum Gasteiger partial charge on any atom is 0.411 e. The lowest BCUT2D eigenvalue weighted by molar-refractivity contribution is -0.215. The molecule has 2 N–H and O–H groups in total. The lowest BCUT2D eigenvalue weighted by Gasteiger charge is -2.43. The number of hydrogen-bond donors (Lipinski definition) is 2. The summed E-state index contributed by atoms with van der Waals surface area (Å²) in [5, 5.41) is 7.24. The molecule has 162 valence electrons. The normalized spacial score (nSPS) is 17.8. The Morgan fingerprint density at radius 2 is 1.94 bits per heavy atom. The van der Waals surface area contributed by atoms with Crippen LogP contribution in [0.4, 0.5) is 13.2 Å². The number of H-pyrrole nitrogens is 1. The number of alkyl halides is 3. The van der Waals surface area contributed by atoms with Crippen molar-refractivity contribution in [2.24, 2.45) is 0 Å². The molecule has 3 heterocycles. The van der Waals surface area contributed by atoms with Gasteiger partial charge in [0.2, 0.25) is 0 Å². The quantitative estimate of drug-likeness (QED) is 0.668. The van der Waals surface area contributed by atoms with Crippen LogP contribution >= 0.6 is 0 Å². The highest BCUT2D eigenvalue weighted by Gasteiger charge is 2.59. The van der Waals surface area contributed by atoms with Crippen molar-refractivity contribution in [3.63, 3.8) is 0 Å². The van der Waals surface area contributed by atoms with E-state index >= 15 is 0 Å². The molecular weight excluding hydrogens is 411 g/mol. The SMILES string of the molecule is O=C(NC1(C(F)(F)F)CCC1)c1cnn2c1CN(C(=O)c1cc3ccccc3[nH]1)CC2. The van der Waals surface area contributed by atoms with Gasteiger partial charge in [0, 0.05) is 17.4 Å². The first kappa shape index (κ1) is 19.7. The van der Waals surface area contributed by atoms with Crippen LogP contribution in [0.1, 0.15) is 45.8 Å². The van der Waals surface area contributed by atoms with E-state index in [2.05, 4.69) is 15.4 Å². The number of aromatic nitrogens is 3. The van der Waals surface area contributed by atoms with E-state index in [4.69, 9.17) is 0 Å². The summed E-state index contributed by atoms with van der Waals surface area (Å²) in [6.07, 6.45) is -3.07. The molecule has 2 amide bonds. The Kier molecular flexibility index (Phi) is 4.35. The fourth-order valence-corrected chi connectivity index (χ4v) is 4.26. The maximum absolute atomic E-state index is 13.4. The Labute approximate surface area is 175 Å². The highest BCUT2D eigenvalue weighted by Crippen LogP contribution is 2.45. The first-order chi connectivity index (χ1) is 14.8. The fourth-order valence-electron chi connectivity index (χ4n) is 4.26. The van der Waals surface area contributed by atoms with Crippen molar-refractivity contribution >= 4 is 22.7 Å². The number of aromatic amines is 1. The average molecular weight is 431 g/mol. The number of benzene rings is 1. The molecule has 3 aromatic rings. The molecule has 1 aliphatic carbocycles. The van der Waals surface area contributed by atoms with Gasteiger partial charge in [-0.3, -0.25) is 14.3 Å². The van der Waals surface area contributed by atoms with Gasteiger partial charge in [-0.1, -0.05) is 18.2 Å².